The minimum Gasteiger partial charge on any atom is -0.462 e. The highest BCUT2D eigenvalue weighted by Crippen LogP contribution is 2.22. The van der Waals surface area contributed by atoms with Crippen molar-refractivity contribution < 1.29 is 13.9 Å². The Balaban J connectivity index is 3.18. The highest BCUT2D eigenvalue weighted by atomic mass is 79.9. The quantitative estimate of drug-likeness (QED) is 0.765. The van der Waals surface area contributed by atoms with Crippen LogP contribution >= 0.6 is 15.9 Å². The van der Waals surface area contributed by atoms with Crippen LogP contribution in [0.3, 0.4) is 0 Å². The van der Waals surface area contributed by atoms with Crippen LogP contribution in [0.1, 0.15) is 22.8 Å². The molecule has 0 atom stereocenters. The molecule has 76 valence electrons. The maximum absolute atomic E-state index is 13.3. The number of ether oxygens (including phenoxy) is 1. The molecule has 1 rings (SSSR count). The molecule has 0 radical (unpaired) electrons. The molecule has 0 aliphatic rings. The highest BCUT2D eigenvalue weighted by Gasteiger charge is 2.17. The molecule has 2 nitrogen and oxygen atoms in total. The highest BCUT2D eigenvalue weighted by molar-refractivity contribution is 9.10. The molecule has 14 heavy (non-hydrogen) atoms. The Hall–Kier alpha value is -0.900. The summed E-state index contributed by atoms with van der Waals surface area (Å²) in [4.78, 5) is 11.4. The van der Waals surface area contributed by atoms with Crippen LogP contribution in [0.25, 0.3) is 0 Å². The van der Waals surface area contributed by atoms with Gasteiger partial charge < -0.3 is 4.74 Å². The lowest BCUT2D eigenvalue weighted by molar-refractivity contribution is 0.0520. The van der Waals surface area contributed by atoms with Crippen LogP contribution in [0.4, 0.5) is 4.39 Å². The van der Waals surface area contributed by atoms with Crippen LogP contribution in [-0.4, -0.2) is 12.6 Å². The number of benzene rings is 1. The summed E-state index contributed by atoms with van der Waals surface area (Å²) in [6.45, 7) is 3.59. The van der Waals surface area contributed by atoms with Gasteiger partial charge in [-0.15, -0.1) is 0 Å². The second-order valence-electron chi connectivity index (χ2n) is 2.75. The van der Waals surface area contributed by atoms with Crippen LogP contribution in [0, 0.1) is 12.7 Å². The van der Waals surface area contributed by atoms with Crippen molar-refractivity contribution in [3.05, 3.63) is 33.5 Å². The number of carbonyl (C=O) groups is 1. The zero-order valence-corrected chi connectivity index (χ0v) is 9.52. The van der Waals surface area contributed by atoms with Gasteiger partial charge in [0.05, 0.1) is 12.2 Å². The third kappa shape index (κ3) is 2.12. The van der Waals surface area contributed by atoms with E-state index in [1.54, 1.807) is 19.9 Å². The topological polar surface area (TPSA) is 26.3 Å². The van der Waals surface area contributed by atoms with E-state index in [0.717, 1.165) is 0 Å². The molecule has 0 aliphatic heterocycles. The number of hydrogen-bond donors (Lipinski definition) is 0. The second kappa shape index (κ2) is 4.55. The van der Waals surface area contributed by atoms with Crippen LogP contribution in [-0.2, 0) is 4.74 Å². The first-order valence-electron chi connectivity index (χ1n) is 4.19. The maximum atomic E-state index is 13.3. The fourth-order valence-electron chi connectivity index (χ4n) is 1.11. The van der Waals surface area contributed by atoms with Crippen molar-refractivity contribution in [2.24, 2.45) is 0 Å². The second-order valence-corrected chi connectivity index (χ2v) is 3.60. The van der Waals surface area contributed by atoms with E-state index in [9.17, 15) is 9.18 Å². The lowest BCUT2D eigenvalue weighted by atomic mass is 10.1. The van der Waals surface area contributed by atoms with E-state index in [4.69, 9.17) is 4.74 Å². The molecular weight excluding hydrogens is 251 g/mol. The number of carbonyl (C=O) groups excluding carboxylic acids is 1. The molecule has 0 saturated heterocycles. The Kier molecular flexibility index (Phi) is 3.63. The van der Waals surface area contributed by atoms with Crippen LogP contribution in [0.2, 0.25) is 0 Å². The lowest BCUT2D eigenvalue weighted by Gasteiger charge is -2.07. The van der Waals surface area contributed by atoms with Gasteiger partial charge in [-0.2, -0.15) is 0 Å². The maximum Gasteiger partial charge on any atom is 0.341 e. The Labute approximate surface area is 90.2 Å². The summed E-state index contributed by atoms with van der Waals surface area (Å²) in [5.41, 5.74) is 0.560. The molecular formula is C10H10BrFO2. The molecule has 0 saturated carbocycles. The fourth-order valence-corrected chi connectivity index (χ4v) is 1.44. The van der Waals surface area contributed by atoms with Gasteiger partial charge >= 0.3 is 5.97 Å². The Bertz CT molecular complexity index is 363. The Morgan fingerprint density at radius 1 is 1.57 bits per heavy atom. The van der Waals surface area contributed by atoms with E-state index in [2.05, 4.69) is 15.9 Å². The number of hydrogen-bond acceptors (Lipinski definition) is 2. The molecule has 4 heteroatoms. The molecule has 0 aliphatic carbocycles. The molecule has 0 heterocycles. The van der Waals surface area contributed by atoms with Crippen molar-refractivity contribution in [1.82, 2.24) is 0 Å². The van der Waals surface area contributed by atoms with Gasteiger partial charge in [-0.3, -0.25) is 0 Å². The lowest BCUT2D eigenvalue weighted by Crippen LogP contribution is -2.09. The molecule has 0 amide bonds. The SMILES string of the molecule is CCOC(=O)c1c(F)ccc(Br)c1C. The fraction of sp³-hybridized carbons (Fsp3) is 0.300. The predicted octanol–water partition coefficient (Wildman–Crippen LogP) is 3.07. The van der Waals surface area contributed by atoms with E-state index >= 15 is 0 Å². The van der Waals surface area contributed by atoms with Gasteiger partial charge in [-0.25, -0.2) is 9.18 Å². The van der Waals surface area contributed by atoms with Gasteiger partial charge in [0.2, 0.25) is 0 Å². The van der Waals surface area contributed by atoms with E-state index in [1.165, 1.54) is 6.07 Å². The molecule has 1 aromatic rings. The molecule has 0 bridgehead atoms. The molecule has 0 unspecified atom stereocenters. The summed E-state index contributed by atoms with van der Waals surface area (Å²) >= 11 is 3.23. The van der Waals surface area contributed by atoms with E-state index in [1.807, 2.05) is 0 Å². The normalized spacial score (nSPS) is 10.0. The van der Waals surface area contributed by atoms with Crippen molar-refractivity contribution >= 4 is 21.9 Å². The monoisotopic (exact) mass is 260 g/mol. The van der Waals surface area contributed by atoms with Crippen molar-refractivity contribution in [2.75, 3.05) is 6.61 Å². The van der Waals surface area contributed by atoms with Crippen LogP contribution < -0.4 is 0 Å². The summed E-state index contributed by atoms with van der Waals surface area (Å²) in [7, 11) is 0. The van der Waals surface area contributed by atoms with Gasteiger partial charge in [0, 0.05) is 4.47 Å². The molecule has 0 aromatic heterocycles. The van der Waals surface area contributed by atoms with Crippen molar-refractivity contribution in [2.45, 2.75) is 13.8 Å². The summed E-state index contributed by atoms with van der Waals surface area (Å²) in [6.07, 6.45) is 0. The third-order valence-electron chi connectivity index (χ3n) is 1.83. The summed E-state index contributed by atoms with van der Waals surface area (Å²) < 4.78 is 18.7. The van der Waals surface area contributed by atoms with Crippen molar-refractivity contribution in [1.29, 1.82) is 0 Å². The van der Waals surface area contributed by atoms with E-state index < -0.39 is 11.8 Å². The third-order valence-corrected chi connectivity index (χ3v) is 2.69. The molecule has 1 aromatic carbocycles. The predicted molar refractivity (Wildman–Crippen MR) is 54.8 cm³/mol. The van der Waals surface area contributed by atoms with E-state index in [0.29, 0.717) is 10.0 Å². The van der Waals surface area contributed by atoms with Crippen molar-refractivity contribution in [3.63, 3.8) is 0 Å². The zero-order valence-electron chi connectivity index (χ0n) is 7.93. The first kappa shape index (κ1) is 11.2. The molecule has 0 fully saturated rings. The van der Waals surface area contributed by atoms with Gasteiger partial charge in [0.15, 0.2) is 0 Å². The summed E-state index contributed by atoms with van der Waals surface area (Å²) in [6, 6.07) is 2.80. The average molecular weight is 261 g/mol. The van der Waals surface area contributed by atoms with Crippen LogP contribution in [0.15, 0.2) is 16.6 Å². The molecule has 0 spiro atoms. The Morgan fingerprint density at radius 2 is 2.21 bits per heavy atom. The first-order valence-corrected chi connectivity index (χ1v) is 4.99. The standard InChI is InChI=1S/C10H10BrFO2/c1-3-14-10(13)9-6(2)7(11)4-5-8(9)12/h4-5H,3H2,1-2H3. The minimum atomic E-state index is -0.621. The number of rotatable bonds is 2. The largest absolute Gasteiger partial charge is 0.462 e. The van der Waals surface area contributed by atoms with Crippen LogP contribution in [0.5, 0.6) is 0 Å². The van der Waals surface area contributed by atoms with Gasteiger partial charge in [0.25, 0.3) is 0 Å². The minimum absolute atomic E-state index is 0.00113. The Morgan fingerprint density at radius 3 is 2.79 bits per heavy atom. The zero-order chi connectivity index (χ0) is 10.7. The number of halogens is 2. The number of esters is 1. The first-order chi connectivity index (χ1) is 6.57. The van der Waals surface area contributed by atoms with E-state index in [-0.39, 0.29) is 12.2 Å². The van der Waals surface area contributed by atoms with Gasteiger partial charge in [0.1, 0.15) is 5.82 Å². The average Bonchev–Trinajstić information content (AvgIpc) is 2.13. The summed E-state index contributed by atoms with van der Waals surface area (Å²) in [5, 5.41) is 0. The van der Waals surface area contributed by atoms with Gasteiger partial charge in [-0.05, 0) is 31.5 Å². The molecule has 0 N–H and O–H groups in total. The smallest absolute Gasteiger partial charge is 0.341 e. The van der Waals surface area contributed by atoms with Crippen molar-refractivity contribution in [3.8, 4) is 0 Å². The van der Waals surface area contributed by atoms with Gasteiger partial charge in [-0.1, -0.05) is 15.9 Å². The summed E-state index contributed by atoms with van der Waals surface area (Å²) in [5.74, 6) is -1.17.